The summed E-state index contributed by atoms with van der Waals surface area (Å²) < 4.78 is 13.0. The molecule has 0 spiro atoms. The van der Waals surface area contributed by atoms with Gasteiger partial charge in [0.2, 0.25) is 0 Å². The molecular formula is C19H20FN5O2. The maximum atomic E-state index is 13.0. The summed E-state index contributed by atoms with van der Waals surface area (Å²) in [5, 5.41) is 6.22. The number of carbonyl (C=O) groups is 2. The molecule has 140 valence electrons. The van der Waals surface area contributed by atoms with Gasteiger partial charge in [-0.25, -0.2) is 14.4 Å². The molecule has 2 fully saturated rings. The van der Waals surface area contributed by atoms with E-state index < -0.39 is 5.82 Å². The van der Waals surface area contributed by atoms with Crippen molar-refractivity contribution in [3.05, 3.63) is 54.1 Å². The standard InChI is InChI=1S/C19H20FN5O2/c20-13-2-3-14(23-10-13)16(26)24-18-4-1-5-19(12-18,7-6-18)25-17(27)15-11-21-8-9-22-15/h2-3,8-11H,1,4-7,12H2,(H,24,26)(H,25,27). The Labute approximate surface area is 155 Å². The third kappa shape index (κ3) is 3.51. The molecule has 2 aromatic rings. The Morgan fingerprint density at radius 1 is 0.889 bits per heavy atom. The fourth-order valence-electron chi connectivity index (χ4n) is 4.37. The number of aromatic nitrogens is 3. The van der Waals surface area contributed by atoms with Gasteiger partial charge in [-0.3, -0.25) is 14.6 Å². The normalized spacial score (nSPS) is 26.4. The zero-order valence-electron chi connectivity index (χ0n) is 14.7. The number of fused-ring (bicyclic) bond motifs is 2. The van der Waals surface area contributed by atoms with Crippen molar-refractivity contribution in [3.63, 3.8) is 0 Å². The first kappa shape index (κ1) is 17.5. The largest absolute Gasteiger partial charge is 0.345 e. The monoisotopic (exact) mass is 369 g/mol. The van der Waals surface area contributed by atoms with Crippen molar-refractivity contribution < 1.29 is 14.0 Å². The fourth-order valence-corrected chi connectivity index (χ4v) is 4.37. The molecule has 2 aromatic heterocycles. The van der Waals surface area contributed by atoms with E-state index in [1.54, 1.807) is 0 Å². The zero-order valence-corrected chi connectivity index (χ0v) is 14.7. The van der Waals surface area contributed by atoms with Gasteiger partial charge in [0, 0.05) is 23.5 Å². The molecule has 2 aliphatic carbocycles. The van der Waals surface area contributed by atoms with Gasteiger partial charge in [-0.2, -0.15) is 0 Å². The second-order valence-electron chi connectivity index (χ2n) is 7.45. The van der Waals surface area contributed by atoms with Gasteiger partial charge < -0.3 is 10.6 Å². The topological polar surface area (TPSA) is 96.9 Å². The second-order valence-corrected chi connectivity index (χ2v) is 7.45. The fraction of sp³-hybridized carbons (Fsp3) is 0.421. The second kappa shape index (κ2) is 6.68. The Hall–Kier alpha value is -2.90. The summed E-state index contributed by atoms with van der Waals surface area (Å²) in [6.45, 7) is 0. The number of halogens is 1. The Kier molecular flexibility index (Phi) is 4.33. The van der Waals surface area contributed by atoms with Crippen LogP contribution in [0.25, 0.3) is 0 Å². The van der Waals surface area contributed by atoms with E-state index in [4.69, 9.17) is 0 Å². The van der Waals surface area contributed by atoms with E-state index in [2.05, 4.69) is 25.6 Å². The van der Waals surface area contributed by atoms with Gasteiger partial charge in [0.05, 0.1) is 12.4 Å². The quantitative estimate of drug-likeness (QED) is 0.859. The van der Waals surface area contributed by atoms with Crippen LogP contribution in [0.2, 0.25) is 0 Å². The lowest BCUT2D eigenvalue weighted by Gasteiger charge is -2.40. The Morgan fingerprint density at radius 2 is 1.59 bits per heavy atom. The lowest BCUT2D eigenvalue weighted by Crippen LogP contribution is -2.55. The predicted molar refractivity (Wildman–Crippen MR) is 94.3 cm³/mol. The van der Waals surface area contributed by atoms with Gasteiger partial charge in [0.15, 0.2) is 0 Å². The molecule has 2 amide bonds. The van der Waals surface area contributed by atoms with Crippen LogP contribution in [0.1, 0.15) is 59.5 Å². The van der Waals surface area contributed by atoms with E-state index >= 15 is 0 Å². The van der Waals surface area contributed by atoms with Gasteiger partial charge in [0.1, 0.15) is 17.2 Å². The number of carbonyl (C=O) groups excluding carboxylic acids is 2. The van der Waals surface area contributed by atoms with Gasteiger partial charge in [0.25, 0.3) is 11.8 Å². The van der Waals surface area contributed by atoms with Crippen molar-refractivity contribution in [3.8, 4) is 0 Å². The van der Waals surface area contributed by atoms with Crippen molar-refractivity contribution in [2.45, 2.75) is 49.6 Å². The lowest BCUT2D eigenvalue weighted by molar-refractivity contribution is 0.0827. The molecule has 0 radical (unpaired) electrons. The van der Waals surface area contributed by atoms with Gasteiger partial charge >= 0.3 is 0 Å². The number of nitrogens with one attached hydrogen (secondary N) is 2. The molecule has 0 aliphatic heterocycles. The number of rotatable bonds is 4. The van der Waals surface area contributed by atoms with Crippen molar-refractivity contribution in [1.29, 1.82) is 0 Å². The molecule has 2 bridgehead atoms. The third-order valence-corrected chi connectivity index (χ3v) is 5.58. The van der Waals surface area contributed by atoms with E-state index in [1.165, 1.54) is 30.7 Å². The SMILES string of the molecule is O=C(NC12CCCC(NC(=O)c3cnccn3)(CC1)C2)c1ccc(F)cn1. The molecule has 2 saturated carbocycles. The van der Waals surface area contributed by atoms with Crippen LogP contribution in [0.4, 0.5) is 4.39 Å². The van der Waals surface area contributed by atoms with Crippen LogP contribution in [0.5, 0.6) is 0 Å². The van der Waals surface area contributed by atoms with Crippen LogP contribution in [-0.2, 0) is 0 Å². The molecule has 0 aromatic carbocycles. The summed E-state index contributed by atoms with van der Waals surface area (Å²) >= 11 is 0. The minimum Gasteiger partial charge on any atom is -0.345 e. The Bertz CT molecular complexity index is 860. The molecule has 0 saturated heterocycles. The maximum Gasteiger partial charge on any atom is 0.271 e. The van der Waals surface area contributed by atoms with E-state index in [0.29, 0.717) is 6.42 Å². The molecular weight excluding hydrogens is 349 g/mol. The van der Waals surface area contributed by atoms with E-state index in [0.717, 1.165) is 38.3 Å². The predicted octanol–water partition coefficient (Wildman–Crippen LogP) is 2.02. The summed E-state index contributed by atoms with van der Waals surface area (Å²) in [5.41, 5.74) is -0.246. The highest BCUT2D eigenvalue weighted by molar-refractivity contribution is 5.93. The molecule has 2 heterocycles. The summed E-state index contributed by atoms with van der Waals surface area (Å²) in [6.07, 6.45) is 10.3. The van der Waals surface area contributed by atoms with E-state index in [9.17, 15) is 14.0 Å². The molecule has 2 aliphatic rings. The van der Waals surface area contributed by atoms with Crippen LogP contribution in [-0.4, -0.2) is 37.8 Å². The maximum absolute atomic E-state index is 13.0. The van der Waals surface area contributed by atoms with Crippen LogP contribution in [0.15, 0.2) is 36.9 Å². The average Bonchev–Trinajstić information content (AvgIpc) is 2.92. The van der Waals surface area contributed by atoms with Crippen LogP contribution >= 0.6 is 0 Å². The average molecular weight is 369 g/mol. The Morgan fingerprint density at radius 3 is 2.19 bits per heavy atom. The van der Waals surface area contributed by atoms with Gasteiger partial charge in [-0.1, -0.05) is 0 Å². The van der Waals surface area contributed by atoms with Crippen LogP contribution in [0, 0.1) is 5.82 Å². The number of hydrogen-bond donors (Lipinski definition) is 2. The first-order valence-electron chi connectivity index (χ1n) is 9.02. The van der Waals surface area contributed by atoms with Crippen molar-refractivity contribution in [2.24, 2.45) is 0 Å². The van der Waals surface area contributed by atoms with Crippen molar-refractivity contribution >= 4 is 11.8 Å². The molecule has 2 atom stereocenters. The summed E-state index contributed by atoms with van der Waals surface area (Å²) in [7, 11) is 0. The number of hydrogen-bond acceptors (Lipinski definition) is 5. The highest BCUT2D eigenvalue weighted by atomic mass is 19.1. The zero-order chi connectivity index (χ0) is 18.9. The van der Waals surface area contributed by atoms with Crippen molar-refractivity contribution in [2.75, 3.05) is 0 Å². The minimum atomic E-state index is -0.478. The molecule has 8 heteroatoms. The van der Waals surface area contributed by atoms with E-state index in [-0.39, 0.29) is 34.3 Å². The molecule has 4 rings (SSSR count). The smallest absolute Gasteiger partial charge is 0.271 e. The molecule has 2 unspecified atom stereocenters. The lowest BCUT2D eigenvalue weighted by atomic mass is 9.78. The highest BCUT2D eigenvalue weighted by Crippen LogP contribution is 2.48. The highest BCUT2D eigenvalue weighted by Gasteiger charge is 2.52. The molecule has 27 heavy (non-hydrogen) atoms. The summed E-state index contributed by atoms with van der Waals surface area (Å²) in [4.78, 5) is 36.9. The summed E-state index contributed by atoms with van der Waals surface area (Å²) in [5.74, 6) is -1.03. The van der Waals surface area contributed by atoms with Gasteiger partial charge in [-0.05, 0) is 50.7 Å². The Balaban J connectivity index is 1.47. The first-order valence-corrected chi connectivity index (χ1v) is 9.02. The first-order chi connectivity index (χ1) is 13.0. The van der Waals surface area contributed by atoms with Crippen molar-refractivity contribution in [1.82, 2.24) is 25.6 Å². The van der Waals surface area contributed by atoms with Crippen LogP contribution < -0.4 is 10.6 Å². The van der Waals surface area contributed by atoms with Crippen LogP contribution in [0.3, 0.4) is 0 Å². The molecule has 2 N–H and O–H groups in total. The summed E-state index contributed by atoms with van der Waals surface area (Å²) in [6, 6.07) is 2.60. The third-order valence-electron chi connectivity index (χ3n) is 5.58. The number of pyridine rings is 1. The van der Waals surface area contributed by atoms with Gasteiger partial charge in [-0.15, -0.1) is 0 Å². The minimum absolute atomic E-state index is 0.192. The van der Waals surface area contributed by atoms with E-state index in [1.807, 2.05) is 0 Å². The number of amides is 2. The molecule has 7 nitrogen and oxygen atoms in total. The number of nitrogens with zero attached hydrogens (tertiary/aromatic N) is 3.